The fourth-order valence-corrected chi connectivity index (χ4v) is 4.65. The van der Waals surface area contributed by atoms with Gasteiger partial charge in [0.15, 0.2) is 4.90 Å². The van der Waals surface area contributed by atoms with Crippen LogP contribution in [0.2, 0.25) is 0 Å². The lowest BCUT2D eigenvalue weighted by atomic mass is 9.99. The van der Waals surface area contributed by atoms with Crippen molar-refractivity contribution in [3.63, 3.8) is 0 Å². The van der Waals surface area contributed by atoms with Crippen molar-refractivity contribution in [2.75, 3.05) is 6.26 Å². The van der Waals surface area contributed by atoms with Gasteiger partial charge in [0.25, 0.3) is 0 Å². The minimum atomic E-state index is -4.80. The Morgan fingerprint density at radius 1 is 0.964 bits per heavy atom. The number of phenolic OH excluding ortho intramolecular Hbond substituents is 1. The molecule has 0 aliphatic rings. The van der Waals surface area contributed by atoms with Crippen LogP contribution in [0.4, 0.5) is 0 Å². The Labute approximate surface area is 167 Å². The van der Waals surface area contributed by atoms with Gasteiger partial charge in [-0.25, -0.2) is 8.42 Å². The average molecular weight is 417 g/mol. The quantitative estimate of drug-likeness (QED) is 0.359. The maximum atomic E-state index is 10.8. The van der Waals surface area contributed by atoms with E-state index in [4.69, 9.17) is 0 Å². The van der Waals surface area contributed by atoms with Gasteiger partial charge in [0.2, 0.25) is 10.4 Å². The van der Waals surface area contributed by atoms with Gasteiger partial charge in [-0.2, -0.15) is 0 Å². The first kappa shape index (κ1) is 20.4. The lowest BCUT2D eigenvalue weighted by Crippen LogP contribution is -2.05. The second kappa shape index (κ2) is 8.79. The van der Waals surface area contributed by atoms with E-state index in [0.717, 1.165) is 10.6 Å². The van der Waals surface area contributed by atoms with E-state index in [1.54, 1.807) is 30.3 Å². The highest BCUT2D eigenvalue weighted by Crippen LogP contribution is 2.34. The Morgan fingerprint density at radius 3 is 2.36 bits per heavy atom. The molecule has 0 heterocycles. The van der Waals surface area contributed by atoms with Gasteiger partial charge in [-0.1, -0.05) is 54.6 Å². The van der Waals surface area contributed by atoms with Crippen LogP contribution in [0, 0.1) is 0 Å². The van der Waals surface area contributed by atoms with Crippen LogP contribution in [0.5, 0.6) is 5.75 Å². The van der Waals surface area contributed by atoms with E-state index in [-0.39, 0.29) is 23.3 Å². The zero-order chi connectivity index (χ0) is 20.1. The fourth-order valence-electron chi connectivity index (χ4n) is 2.90. The number of rotatable bonds is 7. The first-order chi connectivity index (χ1) is 13.3. The van der Waals surface area contributed by atoms with Crippen LogP contribution in [-0.2, 0) is 37.8 Å². The predicted octanol–water partition coefficient (Wildman–Crippen LogP) is 3.84. The Hall–Kier alpha value is -2.32. The van der Waals surface area contributed by atoms with Crippen molar-refractivity contribution >= 4 is 21.3 Å². The van der Waals surface area contributed by atoms with Gasteiger partial charge in [-0.15, -0.1) is 0 Å². The fraction of sp³-hybridized carbons (Fsp3) is 0.143. The van der Waals surface area contributed by atoms with Crippen molar-refractivity contribution < 1.29 is 22.3 Å². The molecule has 5 nitrogen and oxygen atoms in total. The van der Waals surface area contributed by atoms with E-state index >= 15 is 0 Å². The highest BCUT2D eigenvalue weighted by molar-refractivity contribution is 7.95. The second-order valence-corrected chi connectivity index (χ2v) is 9.36. The molecule has 0 bridgehead atoms. The summed E-state index contributed by atoms with van der Waals surface area (Å²) in [5.41, 5.74) is 2.94. The summed E-state index contributed by atoms with van der Waals surface area (Å²) >= 11 is 0. The van der Waals surface area contributed by atoms with Gasteiger partial charge in [0.1, 0.15) is 17.8 Å². The minimum Gasteiger partial charge on any atom is -0.726 e. The molecule has 3 aromatic rings. The molecule has 0 spiro atoms. The summed E-state index contributed by atoms with van der Waals surface area (Å²) in [4.78, 5) is 1.07. The summed E-state index contributed by atoms with van der Waals surface area (Å²) in [6, 6.07) is 22.6. The van der Waals surface area contributed by atoms with Gasteiger partial charge in [0, 0.05) is 28.1 Å². The molecular formula is C21H20O5S2. The van der Waals surface area contributed by atoms with E-state index in [2.05, 4.69) is 22.6 Å². The molecule has 1 N–H and O–H groups in total. The van der Waals surface area contributed by atoms with Crippen LogP contribution in [0.25, 0.3) is 11.1 Å². The molecule has 0 aliphatic heterocycles. The molecule has 1 unspecified atom stereocenters. The molecule has 146 valence electrons. The zero-order valence-electron chi connectivity index (χ0n) is 15.2. The van der Waals surface area contributed by atoms with E-state index < -0.39 is 10.4 Å². The summed E-state index contributed by atoms with van der Waals surface area (Å²) < 4.78 is 36.8. The van der Waals surface area contributed by atoms with Gasteiger partial charge in [0.05, 0.1) is 6.61 Å². The maximum absolute atomic E-state index is 10.8. The highest BCUT2D eigenvalue weighted by Gasteiger charge is 2.20. The summed E-state index contributed by atoms with van der Waals surface area (Å²) in [5.74, 6) is 0.961. The van der Waals surface area contributed by atoms with Crippen LogP contribution < -0.4 is 0 Å². The number of benzene rings is 3. The second-order valence-electron chi connectivity index (χ2n) is 6.27. The molecule has 7 heteroatoms. The van der Waals surface area contributed by atoms with Crippen LogP contribution in [0.3, 0.4) is 0 Å². The van der Waals surface area contributed by atoms with Crippen LogP contribution >= 0.6 is 0 Å². The van der Waals surface area contributed by atoms with Gasteiger partial charge >= 0.3 is 0 Å². The maximum Gasteiger partial charge on any atom is 0.217 e. The first-order valence-corrected chi connectivity index (χ1v) is 11.6. The van der Waals surface area contributed by atoms with E-state index in [0.29, 0.717) is 16.7 Å². The van der Waals surface area contributed by atoms with E-state index in [9.17, 15) is 18.1 Å². The first-order valence-electron chi connectivity index (χ1n) is 8.51. The predicted molar refractivity (Wildman–Crippen MR) is 110 cm³/mol. The normalized spacial score (nSPS) is 12.6. The van der Waals surface area contributed by atoms with Gasteiger partial charge in [-0.3, -0.25) is 4.18 Å². The molecule has 1 atom stereocenters. The van der Waals surface area contributed by atoms with Crippen molar-refractivity contribution in [1.82, 2.24) is 0 Å². The SMILES string of the molecule is C[S+](Cc1ccccc1)c1ccc(O)c(-c2ccccc2COS(=O)(=O)[O-])c1. The minimum absolute atomic E-state index is 0.0814. The smallest absolute Gasteiger partial charge is 0.217 e. The van der Waals surface area contributed by atoms with Gasteiger partial charge in [-0.05, 0) is 23.3 Å². The molecule has 0 amide bonds. The van der Waals surface area contributed by atoms with Gasteiger partial charge < -0.3 is 9.66 Å². The highest BCUT2D eigenvalue weighted by atomic mass is 32.3. The van der Waals surface area contributed by atoms with Crippen LogP contribution in [0.1, 0.15) is 11.1 Å². The van der Waals surface area contributed by atoms with Crippen molar-refractivity contribution in [1.29, 1.82) is 0 Å². The molecule has 3 aromatic carbocycles. The summed E-state index contributed by atoms with van der Waals surface area (Å²) in [5, 5.41) is 10.4. The molecule has 0 aliphatic carbocycles. The van der Waals surface area contributed by atoms with Crippen molar-refractivity contribution in [2.45, 2.75) is 17.3 Å². The molecule has 0 saturated carbocycles. The Balaban J connectivity index is 1.92. The molecule has 0 aromatic heterocycles. The Morgan fingerprint density at radius 2 is 1.64 bits per heavy atom. The molecule has 0 fully saturated rings. The largest absolute Gasteiger partial charge is 0.726 e. The number of phenols is 1. The Kier molecular flexibility index (Phi) is 6.41. The molecule has 0 radical (unpaired) electrons. The molecule has 0 saturated heterocycles. The monoisotopic (exact) mass is 416 g/mol. The number of hydrogen-bond acceptors (Lipinski definition) is 5. The standard InChI is InChI=1S/C21H20O5S2/c1-27(15-16-7-3-2-4-8-16)18-11-12-21(22)20(13-18)19-10-6-5-9-17(19)14-26-28(23,24)25/h2-13H,14-15H2,1H3,(H-,22,23,24,25). The summed E-state index contributed by atoms with van der Waals surface area (Å²) in [6.45, 7) is -0.381. The molecular weight excluding hydrogens is 396 g/mol. The number of hydrogen-bond donors (Lipinski definition) is 1. The zero-order valence-corrected chi connectivity index (χ0v) is 16.9. The van der Waals surface area contributed by atoms with Crippen molar-refractivity contribution in [3.05, 3.63) is 83.9 Å². The third-order valence-electron chi connectivity index (χ3n) is 4.26. The Bertz CT molecular complexity index is 1050. The van der Waals surface area contributed by atoms with Crippen molar-refractivity contribution in [3.8, 4) is 16.9 Å². The third-order valence-corrected chi connectivity index (χ3v) is 6.49. The van der Waals surface area contributed by atoms with Crippen LogP contribution in [0.15, 0.2) is 77.7 Å². The number of aromatic hydroxyl groups is 1. The molecule has 3 rings (SSSR count). The van der Waals surface area contributed by atoms with E-state index in [1.807, 2.05) is 30.3 Å². The summed E-state index contributed by atoms with van der Waals surface area (Å²) in [6.07, 6.45) is 2.14. The topological polar surface area (TPSA) is 86.7 Å². The average Bonchev–Trinajstić information content (AvgIpc) is 2.67. The van der Waals surface area contributed by atoms with Crippen molar-refractivity contribution in [2.24, 2.45) is 0 Å². The summed E-state index contributed by atoms with van der Waals surface area (Å²) in [7, 11) is -4.89. The third kappa shape index (κ3) is 5.36. The van der Waals surface area contributed by atoms with Crippen LogP contribution in [-0.4, -0.2) is 24.3 Å². The lowest BCUT2D eigenvalue weighted by molar-refractivity contribution is 0.253. The molecule has 28 heavy (non-hydrogen) atoms. The lowest BCUT2D eigenvalue weighted by Gasteiger charge is -2.13. The van der Waals surface area contributed by atoms with E-state index in [1.165, 1.54) is 5.56 Å².